The molecule has 0 bridgehead atoms. The topological polar surface area (TPSA) is 67.2 Å². The third-order valence-electron chi connectivity index (χ3n) is 6.08. The number of nitrogens with zero attached hydrogens (tertiary/aromatic N) is 3. The first-order valence-electron chi connectivity index (χ1n) is 11.7. The Morgan fingerprint density at radius 3 is 2.54 bits per heavy atom. The molecule has 0 saturated carbocycles. The van der Waals surface area contributed by atoms with E-state index in [0.29, 0.717) is 34.9 Å². The molecule has 0 aliphatic carbocycles. The number of hydrogen-bond acceptors (Lipinski definition) is 3. The molecule has 1 saturated heterocycles. The molecule has 1 aliphatic heterocycles. The van der Waals surface area contributed by atoms with E-state index in [4.69, 9.17) is 16.7 Å². The molecule has 0 unspecified atom stereocenters. The van der Waals surface area contributed by atoms with E-state index in [1.54, 1.807) is 23.0 Å². The van der Waals surface area contributed by atoms with E-state index in [-0.39, 0.29) is 11.8 Å². The maximum absolute atomic E-state index is 13.4. The van der Waals surface area contributed by atoms with Crippen LogP contribution in [-0.2, 0) is 11.3 Å². The number of anilines is 1. The second-order valence-electron chi connectivity index (χ2n) is 8.61. The van der Waals surface area contributed by atoms with Gasteiger partial charge < -0.3 is 10.2 Å². The van der Waals surface area contributed by atoms with Crippen molar-refractivity contribution in [2.24, 2.45) is 0 Å². The molecule has 0 atom stereocenters. The molecule has 1 fully saturated rings. The predicted octanol–water partition coefficient (Wildman–Crippen LogP) is 5.96. The number of benzene rings is 3. The molecule has 2 amide bonds. The largest absolute Gasteiger partial charge is 0.338 e. The van der Waals surface area contributed by atoms with Crippen LogP contribution in [0.25, 0.3) is 16.9 Å². The lowest BCUT2D eigenvalue weighted by Gasteiger charge is -2.26. The minimum atomic E-state index is -0.261. The second-order valence-corrected chi connectivity index (χ2v) is 9.04. The molecule has 1 aromatic heterocycles. The van der Waals surface area contributed by atoms with E-state index >= 15 is 0 Å². The van der Waals surface area contributed by atoms with Crippen LogP contribution in [0.5, 0.6) is 0 Å². The summed E-state index contributed by atoms with van der Waals surface area (Å²) in [5.74, 6) is -0.0741. The zero-order valence-corrected chi connectivity index (χ0v) is 19.9. The number of carbonyl (C=O) groups excluding carboxylic acids is 2. The fraction of sp³-hybridized carbons (Fsp3) is 0.179. The van der Waals surface area contributed by atoms with Gasteiger partial charge in [0.1, 0.15) is 5.69 Å². The number of piperidine rings is 1. The van der Waals surface area contributed by atoms with Crippen molar-refractivity contribution < 1.29 is 9.59 Å². The van der Waals surface area contributed by atoms with Gasteiger partial charge in [0.15, 0.2) is 0 Å². The van der Waals surface area contributed by atoms with Crippen molar-refractivity contribution in [3.63, 3.8) is 0 Å². The number of aromatic nitrogens is 2. The van der Waals surface area contributed by atoms with E-state index in [1.807, 2.05) is 71.6 Å². The van der Waals surface area contributed by atoms with Crippen molar-refractivity contribution in [2.75, 3.05) is 11.9 Å². The Balaban J connectivity index is 1.42. The quantitative estimate of drug-likeness (QED) is 0.367. The van der Waals surface area contributed by atoms with Crippen LogP contribution in [0.1, 0.15) is 35.2 Å². The minimum Gasteiger partial charge on any atom is -0.338 e. The number of amides is 2. The van der Waals surface area contributed by atoms with Gasteiger partial charge in [-0.1, -0.05) is 54.1 Å². The summed E-state index contributed by atoms with van der Waals surface area (Å²) in [6.45, 7) is 1.32. The lowest BCUT2D eigenvalue weighted by Crippen LogP contribution is -2.34. The lowest BCUT2D eigenvalue weighted by molar-refractivity contribution is -0.133. The van der Waals surface area contributed by atoms with Crippen molar-refractivity contribution in [1.29, 1.82) is 0 Å². The Labute approximate surface area is 209 Å². The normalized spacial score (nSPS) is 13.6. The van der Waals surface area contributed by atoms with Crippen LogP contribution < -0.4 is 5.32 Å². The number of rotatable bonds is 6. The number of nitrogens with one attached hydrogen (secondary N) is 1. The lowest BCUT2D eigenvalue weighted by atomic mass is 10.1. The maximum atomic E-state index is 13.4. The Hall–Kier alpha value is -3.90. The standard InChI is InChI=1S/C28H25ClN4O2/c29-22-14-12-21(13-15-22)27-25(19-33(31-27)24-9-2-1-3-10-24)28(35)30-23-8-6-7-20(17-23)18-32-16-5-4-11-26(32)34/h1-3,6-10,12-15,17,19H,4-5,11,16,18H2,(H,30,35). The third-order valence-corrected chi connectivity index (χ3v) is 6.33. The van der Waals surface area contributed by atoms with Crippen LogP contribution in [0.3, 0.4) is 0 Å². The van der Waals surface area contributed by atoms with E-state index in [1.165, 1.54) is 0 Å². The molecule has 35 heavy (non-hydrogen) atoms. The predicted molar refractivity (Wildman–Crippen MR) is 138 cm³/mol. The molecule has 2 heterocycles. The molecule has 0 radical (unpaired) electrons. The van der Waals surface area contributed by atoms with Crippen LogP contribution in [0.15, 0.2) is 85.1 Å². The molecule has 1 aliphatic rings. The smallest absolute Gasteiger partial charge is 0.259 e. The first-order chi connectivity index (χ1) is 17.1. The number of likely N-dealkylation sites (tertiary alicyclic amines) is 1. The Kier molecular flexibility index (Phi) is 6.64. The fourth-order valence-corrected chi connectivity index (χ4v) is 4.40. The minimum absolute atomic E-state index is 0.187. The highest BCUT2D eigenvalue weighted by Gasteiger charge is 2.20. The van der Waals surface area contributed by atoms with Gasteiger partial charge in [0.05, 0.1) is 11.3 Å². The SMILES string of the molecule is O=C(Nc1cccc(CN2CCCCC2=O)c1)c1cn(-c2ccccc2)nc1-c1ccc(Cl)cc1. The Bertz CT molecular complexity index is 1350. The molecule has 5 rings (SSSR count). The first kappa shape index (κ1) is 22.9. The van der Waals surface area contributed by atoms with Crippen LogP contribution in [-0.4, -0.2) is 33.0 Å². The highest BCUT2D eigenvalue weighted by atomic mass is 35.5. The van der Waals surface area contributed by atoms with Crippen molar-refractivity contribution in [3.8, 4) is 16.9 Å². The van der Waals surface area contributed by atoms with E-state index in [9.17, 15) is 9.59 Å². The summed E-state index contributed by atoms with van der Waals surface area (Å²) in [5, 5.41) is 8.34. The summed E-state index contributed by atoms with van der Waals surface area (Å²) in [6.07, 6.45) is 4.33. The summed E-state index contributed by atoms with van der Waals surface area (Å²) < 4.78 is 1.71. The third kappa shape index (κ3) is 5.28. The average Bonchev–Trinajstić information content (AvgIpc) is 3.33. The van der Waals surface area contributed by atoms with Gasteiger partial charge in [0, 0.05) is 42.0 Å². The van der Waals surface area contributed by atoms with Crippen LogP contribution in [0.2, 0.25) is 5.02 Å². The zero-order chi connectivity index (χ0) is 24.2. The van der Waals surface area contributed by atoms with Gasteiger partial charge in [-0.05, 0) is 54.8 Å². The van der Waals surface area contributed by atoms with Crippen molar-refractivity contribution in [3.05, 3.63) is 101 Å². The summed E-state index contributed by atoms with van der Waals surface area (Å²) in [4.78, 5) is 27.5. The van der Waals surface area contributed by atoms with Crippen LogP contribution >= 0.6 is 11.6 Å². The van der Waals surface area contributed by atoms with Gasteiger partial charge in [0.25, 0.3) is 5.91 Å². The summed E-state index contributed by atoms with van der Waals surface area (Å²) in [5.41, 5.74) is 4.33. The summed E-state index contributed by atoms with van der Waals surface area (Å²) in [6, 6.07) is 24.6. The summed E-state index contributed by atoms with van der Waals surface area (Å²) in [7, 11) is 0. The molecule has 1 N–H and O–H groups in total. The molecular formula is C28H25ClN4O2. The van der Waals surface area contributed by atoms with Gasteiger partial charge in [-0.25, -0.2) is 4.68 Å². The van der Waals surface area contributed by atoms with Gasteiger partial charge >= 0.3 is 0 Å². The molecule has 176 valence electrons. The molecular weight excluding hydrogens is 460 g/mol. The first-order valence-corrected chi connectivity index (χ1v) is 12.0. The number of para-hydroxylation sites is 1. The molecule has 3 aromatic carbocycles. The molecule has 0 spiro atoms. The van der Waals surface area contributed by atoms with Crippen molar-refractivity contribution in [2.45, 2.75) is 25.8 Å². The van der Waals surface area contributed by atoms with Gasteiger partial charge in [-0.15, -0.1) is 0 Å². The molecule has 7 heteroatoms. The number of halogens is 1. The van der Waals surface area contributed by atoms with Gasteiger partial charge in [-0.2, -0.15) is 5.10 Å². The second kappa shape index (κ2) is 10.2. The van der Waals surface area contributed by atoms with Gasteiger partial charge in [-0.3, -0.25) is 9.59 Å². The van der Waals surface area contributed by atoms with E-state index < -0.39 is 0 Å². The Morgan fingerprint density at radius 2 is 1.77 bits per heavy atom. The highest BCUT2D eigenvalue weighted by Crippen LogP contribution is 2.26. The van der Waals surface area contributed by atoms with Crippen molar-refractivity contribution in [1.82, 2.24) is 14.7 Å². The fourth-order valence-electron chi connectivity index (χ4n) is 4.27. The summed E-state index contributed by atoms with van der Waals surface area (Å²) >= 11 is 6.07. The highest BCUT2D eigenvalue weighted by molar-refractivity contribution is 6.30. The van der Waals surface area contributed by atoms with Crippen LogP contribution in [0, 0.1) is 0 Å². The monoisotopic (exact) mass is 484 g/mol. The van der Waals surface area contributed by atoms with Gasteiger partial charge in [0.2, 0.25) is 5.91 Å². The molecule has 4 aromatic rings. The number of hydrogen-bond donors (Lipinski definition) is 1. The van der Waals surface area contributed by atoms with Crippen molar-refractivity contribution >= 4 is 29.1 Å². The van der Waals surface area contributed by atoms with Crippen LogP contribution in [0.4, 0.5) is 5.69 Å². The zero-order valence-electron chi connectivity index (χ0n) is 19.2. The average molecular weight is 485 g/mol. The molecule has 6 nitrogen and oxygen atoms in total. The van der Waals surface area contributed by atoms with E-state index in [0.717, 1.165) is 36.2 Å². The van der Waals surface area contributed by atoms with E-state index in [2.05, 4.69) is 5.32 Å². The maximum Gasteiger partial charge on any atom is 0.259 e. The number of carbonyl (C=O) groups is 2. The Morgan fingerprint density at radius 1 is 0.971 bits per heavy atom.